The predicted octanol–water partition coefficient (Wildman–Crippen LogP) is 4.89. The molecule has 0 aromatic heterocycles. The third-order valence-electron chi connectivity index (χ3n) is 4.27. The van der Waals surface area contributed by atoms with Crippen LogP contribution in [0.25, 0.3) is 0 Å². The first-order valence-corrected chi connectivity index (χ1v) is 12.4. The zero-order valence-electron chi connectivity index (χ0n) is 17.3. The van der Waals surface area contributed by atoms with Crippen molar-refractivity contribution in [3.8, 4) is 11.5 Å². The van der Waals surface area contributed by atoms with Crippen LogP contribution in [0.1, 0.15) is 0 Å². The number of ether oxygens (including phenoxy) is 2. The molecule has 0 saturated carbocycles. The third-order valence-corrected chi connectivity index (χ3v) is 6.67. The Hall–Kier alpha value is -2.88. The van der Waals surface area contributed by atoms with Gasteiger partial charge in [0.25, 0.3) is 15.9 Å². The second-order valence-corrected chi connectivity index (χ2v) is 9.46. The van der Waals surface area contributed by atoms with Crippen LogP contribution in [0.15, 0.2) is 76.5 Å². The van der Waals surface area contributed by atoms with Crippen molar-refractivity contribution in [2.45, 2.75) is 9.79 Å². The largest absolute Gasteiger partial charge is 0.497 e. The average Bonchev–Trinajstić information content (AvgIpc) is 2.78. The summed E-state index contributed by atoms with van der Waals surface area (Å²) in [7, 11) is -2.34. The molecule has 0 spiro atoms. The number of carbonyl (C=O) groups excluding carboxylic acids is 1. The number of amides is 1. The van der Waals surface area contributed by atoms with E-state index in [1.165, 1.54) is 25.3 Å². The number of benzene rings is 3. The van der Waals surface area contributed by atoms with E-state index in [2.05, 4.69) is 10.0 Å². The molecule has 7 nitrogen and oxygen atoms in total. The molecular formula is C22H21ClN2O5S2. The molecular weight excluding hydrogens is 472 g/mol. The number of nitrogens with one attached hydrogen (secondary N) is 2. The molecule has 168 valence electrons. The molecule has 3 aromatic carbocycles. The van der Waals surface area contributed by atoms with Gasteiger partial charge in [0.15, 0.2) is 6.61 Å². The molecule has 0 atom stereocenters. The number of hydrogen-bond donors (Lipinski definition) is 2. The lowest BCUT2D eigenvalue weighted by Gasteiger charge is -2.12. The molecule has 3 aromatic rings. The van der Waals surface area contributed by atoms with Crippen molar-refractivity contribution in [3.05, 3.63) is 71.8 Å². The number of methoxy groups -OCH3 is 1. The van der Waals surface area contributed by atoms with Gasteiger partial charge < -0.3 is 14.8 Å². The van der Waals surface area contributed by atoms with Crippen LogP contribution in [0.5, 0.6) is 11.5 Å². The van der Waals surface area contributed by atoms with Gasteiger partial charge in [-0.1, -0.05) is 17.7 Å². The van der Waals surface area contributed by atoms with E-state index in [1.54, 1.807) is 42.1 Å². The Morgan fingerprint density at radius 2 is 1.78 bits per heavy atom. The fourth-order valence-electron chi connectivity index (χ4n) is 2.68. The van der Waals surface area contributed by atoms with E-state index in [1.807, 2.05) is 24.5 Å². The number of thioether (sulfide) groups is 1. The fourth-order valence-corrected chi connectivity index (χ4v) is 4.52. The van der Waals surface area contributed by atoms with Crippen molar-refractivity contribution in [3.63, 3.8) is 0 Å². The molecule has 0 heterocycles. The van der Waals surface area contributed by atoms with Crippen molar-refractivity contribution in [1.29, 1.82) is 0 Å². The SMILES string of the molecule is COc1ccc(NS(=O)(=O)c2ccc(OCC(=O)Nc3cccc(SC)c3)c(Cl)c2)cc1. The summed E-state index contributed by atoms with van der Waals surface area (Å²) in [6, 6.07) is 17.9. The van der Waals surface area contributed by atoms with Crippen LogP contribution in [-0.2, 0) is 14.8 Å². The lowest BCUT2D eigenvalue weighted by Crippen LogP contribution is -2.20. The summed E-state index contributed by atoms with van der Waals surface area (Å²) in [6.07, 6.45) is 1.95. The Bertz CT molecular complexity index is 1200. The number of sulfonamides is 1. The maximum absolute atomic E-state index is 12.6. The van der Waals surface area contributed by atoms with Crippen LogP contribution in [-0.4, -0.2) is 34.3 Å². The Kier molecular flexibility index (Phi) is 7.89. The number of carbonyl (C=O) groups is 1. The lowest BCUT2D eigenvalue weighted by atomic mass is 10.3. The van der Waals surface area contributed by atoms with Crippen LogP contribution >= 0.6 is 23.4 Å². The second-order valence-electron chi connectivity index (χ2n) is 6.50. The van der Waals surface area contributed by atoms with Crippen molar-refractivity contribution in [2.75, 3.05) is 30.0 Å². The van der Waals surface area contributed by atoms with Crippen molar-refractivity contribution < 1.29 is 22.7 Å². The van der Waals surface area contributed by atoms with Gasteiger partial charge in [-0.2, -0.15) is 0 Å². The second kappa shape index (κ2) is 10.6. The highest BCUT2D eigenvalue weighted by molar-refractivity contribution is 7.98. The van der Waals surface area contributed by atoms with Crippen LogP contribution in [0.4, 0.5) is 11.4 Å². The van der Waals surface area contributed by atoms with Gasteiger partial charge in [0.1, 0.15) is 11.5 Å². The van der Waals surface area contributed by atoms with E-state index < -0.39 is 10.0 Å². The van der Waals surface area contributed by atoms with E-state index in [0.717, 1.165) is 4.90 Å². The molecule has 0 saturated heterocycles. The summed E-state index contributed by atoms with van der Waals surface area (Å²) in [5.74, 6) is 0.443. The summed E-state index contributed by atoms with van der Waals surface area (Å²) in [6.45, 7) is -0.278. The summed E-state index contributed by atoms with van der Waals surface area (Å²) >= 11 is 7.76. The van der Waals surface area contributed by atoms with Crippen LogP contribution < -0.4 is 19.5 Å². The van der Waals surface area contributed by atoms with E-state index >= 15 is 0 Å². The molecule has 3 rings (SSSR count). The normalized spacial score (nSPS) is 11.0. The summed E-state index contributed by atoms with van der Waals surface area (Å²) in [4.78, 5) is 13.2. The Balaban J connectivity index is 1.62. The number of anilines is 2. The van der Waals surface area contributed by atoms with Crippen molar-refractivity contribution >= 4 is 50.7 Å². The topological polar surface area (TPSA) is 93.7 Å². The zero-order valence-corrected chi connectivity index (χ0v) is 19.7. The maximum Gasteiger partial charge on any atom is 0.262 e. The van der Waals surface area contributed by atoms with Gasteiger partial charge >= 0.3 is 0 Å². The van der Waals surface area contributed by atoms with E-state index in [-0.39, 0.29) is 28.2 Å². The number of hydrogen-bond acceptors (Lipinski definition) is 6. The molecule has 1 amide bonds. The highest BCUT2D eigenvalue weighted by atomic mass is 35.5. The molecule has 0 aliphatic heterocycles. The first-order chi connectivity index (χ1) is 15.3. The van der Waals surface area contributed by atoms with Gasteiger partial charge in [0.05, 0.1) is 17.0 Å². The predicted molar refractivity (Wildman–Crippen MR) is 128 cm³/mol. The van der Waals surface area contributed by atoms with Gasteiger partial charge in [0.2, 0.25) is 0 Å². The van der Waals surface area contributed by atoms with Gasteiger partial charge in [0, 0.05) is 16.3 Å². The third kappa shape index (κ3) is 6.32. The molecule has 32 heavy (non-hydrogen) atoms. The quantitative estimate of drug-likeness (QED) is 0.413. The molecule has 0 fully saturated rings. The van der Waals surface area contributed by atoms with Crippen LogP contribution in [0, 0.1) is 0 Å². The minimum atomic E-state index is -3.86. The minimum Gasteiger partial charge on any atom is -0.497 e. The van der Waals surface area contributed by atoms with E-state index in [0.29, 0.717) is 17.1 Å². The molecule has 0 unspecified atom stereocenters. The Labute approximate surface area is 196 Å². The van der Waals surface area contributed by atoms with Gasteiger partial charge in [-0.05, 0) is 66.9 Å². The van der Waals surface area contributed by atoms with E-state index in [9.17, 15) is 13.2 Å². The fraction of sp³-hybridized carbons (Fsp3) is 0.136. The molecule has 2 N–H and O–H groups in total. The first-order valence-electron chi connectivity index (χ1n) is 9.34. The molecule has 0 aliphatic rings. The minimum absolute atomic E-state index is 0.0380. The van der Waals surface area contributed by atoms with Crippen LogP contribution in [0.2, 0.25) is 5.02 Å². The summed E-state index contributed by atoms with van der Waals surface area (Å²) in [5, 5.41) is 2.81. The van der Waals surface area contributed by atoms with Gasteiger partial charge in [-0.3, -0.25) is 9.52 Å². The Morgan fingerprint density at radius 1 is 1.03 bits per heavy atom. The molecule has 10 heteroatoms. The van der Waals surface area contributed by atoms with Crippen molar-refractivity contribution in [2.24, 2.45) is 0 Å². The van der Waals surface area contributed by atoms with E-state index in [4.69, 9.17) is 21.1 Å². The van der Waals surface area contributed by atoms with Crippen LogP contribution in [0.3, 0.4) is 0 Å². The Morgan fingerprint density at radius 3 is 2.44 bits per heavy atom. The average molecular weight is 493 g/mol. The molecule has 0 bridgehead atoms. The molecule has 0 aliphatic carbocycles. The first kappa shape index (κ1) is 23.8. The number of halogens is 1. The maximum atomic E-state index is 12.6. The highest BCUT2D eigenvalue weighted by Crippen LogP contribution is 2.29. The smallest absolute Gasteiger partial charge is 0.262 e. The monoisotopic (exact) mass is 492 g/mol. The summed E-state index contributed by atoms with van der Waals surface area (Å²) < 4.78 is 38.3. The highest BCUT2D eigenvalue weighted by Gasteiger charge is 2.17. The lowest BCUT2D eigenvalue weighted by molar-refractivity contribution is -0.118. The zero-order chi connectivity index (χ0) is 23.1. The van der Waals surface area contributed by atoms with Gasteiger partial charge in [-0.15, -0.1) is 11.8 Å². The summed E-state index contributed by atoms with van der Waals surface area (Å²) in [5.41, 5.74) is 1.03. The molecule has 0 radical (unpaired) electrons. The number of rotatable bonds is 9. The van der Waals surface area contributed by atoms with Crippen molar-refractivity contribution in [1.82, 2.24) is 0 Å². The van der Waals surface area contributed by atoms with Gasteiger partial charge in [-0.25, -0.2) is 8.42 Å². The standard InChI is InChI=1S/C22H21ClN2O5S2/c1-29-17-8-6-15(7-9-17)25-32(27,28)19-10-11-21(20(23)13-19)30-14-22(26)24-16-4-3-5-18(12-16)31-2/h3-13,25H,14H2,1-2H3,(H,24,26).